The monoisotopic (exact) mass is 738 g/mol. The maximum absolute atomic E-state index is 10.7. The summed E-state index contributed by atoms with van der Waals surface area (Å²) in [6.07, 6.45) is 27.6. The Hall–Kier alpha value is -0.0300. The molecule has 0 saturated carbocycles. The van der Waals surface area contributed by atoms with Crippen LogP contribution in [0.4, 0.5) is 0 Å². The molecule has 0 aromatic carbocycles. The van der Waals surface area contributed by atoms with Gasteiger partial charge in [-0.1, -0.05) is 162 Å². The first kappa shape index (κ1) is 50.0. The molecule has 1 saturated heterocycles. The van der Waals surface area contributed by atoms with Gasteiger partial charge in [-0.3, -0.25) is 0 Å². The van der Waals surface area contributed by atoms with Crippen molar-refractivity contribution in [2.24, 2.45) is 0 Å². The fourth-order valence-electron chi connectivity index (χ4n) is 7.10. The van der Waals surface area contributed by atoms with E-state index in [-0.39, 0.29) is 25.6 Å². The van der Waals surface area contributed by atoms with Crippen LogP contribution in [0.2, 0.25) is 0 Å². The number of unbranched alkanes of at least 4 members (excludes halogenated alkanes) is 24. The molecule has 8 nitrogen and oxygen atoms in total. The third kappa shape index (κ3) is 26.7. The predicted octanol–water partition coefficient (Wildman–Crippen LogP) is 5.45. The van der Waals surface area contributed by atoms with E-state index < -0.39 is 36.8 Å². The van der Waals surface area contributed by atoms with Gasteiger partial charge in [-0.05, 0) is 19.3 Å². The van der Waals surface area contributed by atoms with Gasteiger partial charge in [0.05, 0.1) is 33.9 Å². The Morgan fingerprint density at radius 1 is 0.560 bits per heavy atom. The van der Waals surface area contributed by atoms with E-state index in [2.05, 4.69) is 27.9 Å². The second-order valence-corrected chi connectivity index (χ2v) is 15.9. The summed E-state index contributed by atoms with van der Waals surface area (Å²) < 4.78 is 18.0. The zero-order valence-corrected chi connectivity index (χ0v) is 34.0. The summed E-state index contributed by atoms with van der Waals surface area (Å²) in [5, 5.41) is 41.9. The first-order valence-corrected chi connectivity index (χ1v) is 21.1. The highest BCUT2D eigenvalue weighted by Crippen LogP contribution is 2.23. The molecule has 0 aromatic heterocycles. The van der Waals surface area contributed by atoms with Crippen molar-refractivity contribution in [1.29, 1.82) is 0 Å². The number of nitrogens with zero attached hydrogens (tertiary/aromatic N) is 1. The number of likely N-dealkylation sites (N-methyl/N-ethyl adjacent to an activating group) is 1. The smallest absolute Gasteiger partial charge is 0.186 e. The molecule has 0 amide bonds. The number of halogens is 1. The number of rotatable bonds is 35. The van der Waals surface area contributed by atoms with Crippen molar-refractivity contribution < 1.29 is 51.5 Å². The second kappa shape index (κ2) is 33.5. The van der Waals surface area contributed by atoms with Gasteiger partial charge in [0.1, 0.15) is 37.1 Å². The van der Waals surface area contributed by atoms with E-state index in [1.54, 1.807) is 0 Å². The number of quaternary nitrogens is 1. The summed E-state index contributed by atoms with van der Waals surface area (Å²) >= 11 is 0. The van der Waals surface area contributed by atoms with Crippen LogP contribution in [0.5, 0.6) is 0 Å². The number of hydrogen-bond acceptors (Lipinski definition) is 7. The summed E-state index contributed by atoms with van der Waals surface area (Å²) in [6.45, 7) is 6.68. The summed E-state index contributed by atoms with van der Waals surface area (Å²) in [5.74, 6) is 0. The molecule has 1 rings (SSSR count). The highest BCUT2D eigenvalue weighted by Gasteiger charge is 2.44. The summed E-state index contributed by atoms with van der Waals surface area (Å²) in [6, 6.07) is 0. The zero-order valence-electron chi connectivity index (χ0n) is 33.2. The lowest BCUT2D eigenvalue weighted by Gasteiger charge is -2.40. The molecule has 4 N–H and O–H groups in total. The van der Waals surface area contributed by atoms with Crippen LogP contribution in [0.3, 0.4) is 0 Å². The lowest BCUT2D eigenvalue weighted by atomic mass is 9.99. The average Bonchev–Trinajstić information content (AvgIpc) is 3.07. The summed E-state index contributed by atoms with van der Waals surface area (Å²) in [5.41, 5.74) is 0. The quantitative estimate of drug-likeness (QED) is 0.0507. The predicted molar refractivity (Wildman–Crippen MR) is 203 cm³/mol. The van der Waals surface area contributed by atoms with Crippen molar-refractivity contribution >= 4 is 0 Å². The Labute approximate surface area is 315 Å². The van der Waals surface area contributed by atoms with Gasteiger partial charge < -0.3 is 51.5 Å². The van der Waals surface area contributed by atoms with E-state index in [1.807, 2.05) is 0 Å². The molecule has 1 unspecified atom stereocenters. The molecule has 302 valence electrons. The van der Waals surface area contributed by atoms with Crippen LogP contribution in [0, 0.1) is 0 Å². The van der Waals surface area contributed by atoms with Gasteiger partial charge in [0, 0.05) is 6.61 Å². The largest absolute Gasteiger partial charge is 1.00 e. The lowest BCUT2D eigenvalue weighted by Crippen LogP contribution is -3.00. The molecule has 6 atom stereocenters. The van der Waals surface area contributed by atoms with Gasteiger partial charge in [0.25, 0.3) is 0 Å². The zero-order chi connectivity index (χ0) is 36.0. The standard InChI is InChI=1S/C41H84NO7.ClH/c1-5-7-9-11-13-15-17-18-19-20-21-22-23-25-27-29-31-42(3,4)33-36(43)34-47-35-37-38(44)39(45)40(46)41(49-37)48-32-30-28-26-24-16-14-12-10-8-6-2;/h36-41,43-46H,5-35H2,1-4H3;1H/q+1;/p-1/t36?,37-,38-,39+,40-,41-;/m1./s1. The third-order valence-electron chi connectivity index (χ3n) is 10.4. The first-order valence-electron chi connectivity index (χ1n) is 21.1. The molecule has 0 bridgehead atoms. The van der Waals surface area contributed by atoms with Crippen LogP contribution >= 0.6 is 0 Å². The Bertz CT molecular complexity index is 718. The second-order valence-electron chi connectivity index (χ2n) is 15.9. The topological polar surface area (TPSA) is 109 Å². The molecule has 0 aromatic rings. The van der Waals surface area contributed by atoms with Crippen LogP contribution in [0.25, 0.3) is 0 Å². The van der Waals surface area contributed by atoms with E-state index >= 15 is 0 Å². The highest BCUT2D eigenvalue weighted by molar-refractivity contribution is 4.89. The van der Waals surface area contributed by atoms with Crippen LogP contribution in [0.1, 0.15) is 181 Å². The highest BCUT2D eigenvalue weighted by atomic mass is 35.5. The van der Waals surface area contributed by atoms with Crippen LogP contribution in [0.15, 0.2) is 0 Å². The first-order chi connectivity index (χ1) is 23.7. The van der Waals surface area contributed by atoms with Crippen molar-refractivity contribution in [2.75, 3.05) is 47.0 Å². The van der Waals surface area contributed by atoms with Gasteiger partial charge in [-0.2, -0.15) is 0 Å². The molecule has 1 aliphatic rings. The number of aliphatic hydroxyl groups excluding tert-OH is 4. The minimum atomic E-state index is -1.37. The average molecular weight is 739 g/mol. The van der Waals surface area contributed by atoms with Crippen molar-refractivity contribution in [1.82, 2.24) is 0 Å². The Morgan fingerprint density at radius 2 is 0.960 bits per heavy atom. The van der Waals surface area contributed by atoms with Gasteiger partial charge in [0.15, 0.2) is 6.29 Å². The van der Waals surface area contributed by atoms with Crippen molar-refractivity contribution in [3.8, 4) is 0 Å². The molecule has 0 aliphatic carbocycles. The van der Waals surface area contributed by atoms with Crippen LogP contribution < -0.4 is 12.4 Å². The fourth-order valence-corrected chi connectivity index (χ4v) is 7.10. The third-order valence-corrected chi connectivity index (χ3v) is 10.4. The Kier molecular flexibility index (Phi) is 33.5. The van der Waals surface area contributed by atoms with Gasteiger partial charge in [-0.15, -0.1) is 0 Å². The van der Waals surface area contributed by atoms with Crippen molar-refractivity contribution in [3.05, 3.63) is 0 Å². The normalized spacial score (nSPS) is 21.7. The summed E-state index contributed by atoms with van der Waals surface area (Å²) in [4.78, 5) is 0. The molecule has 0 spiro atoms. The van der Waals surface area contributed by atoms with Gasteiger partial charge >= 0.3 is 0 Å². The van der Waals surface area contributed by atoms with Crippen LogP contribution in [-0.4, -0.2) is 109 Å². The molecule has 50 heavy (non-hydrogen) atoms. The minimum Gasteiger partial charge on any atom is -1.00 e. The van der Waals surface area contributed by atoms with E-state index in [4.69, 9.17) is 14.2 Å². The molecule has 9 heteroatoms. The van der Waals surface area contributed by atoms with Crippen LogP contribution in [-0.2, 0) is 14.2 Å². The maximum atomic E-state index is 10.7. The molecular weight excluding hydrogens is 654 g/mol. The maximum Gasteiger partial charge on any atom is 0.186 e. The Morgan fingerprint density at radius 3 is 1.40 bits per heavy atom. The number of hydrogen-bond donors (Lipinski definition) is 4. The lowest BCUT2D eigenvalue weighted by molar-refractivity contribution is -0.893. The molecule has 1 aliphatic heterocycles. The van der Waals surface area contributed by atoms with Crippen molar-refractivity contribution in [3.63, 3.8) is 0 Å². The van der Waals surface area contributed by atoms with E-state index in [0.29, 0.717) is 13.2 Å². The number of ether oxygens (including phenoxy) is 3. The SMILES string of the molecule is CCCCCCCCCCCCCCCCCC[N+](C)(C)CC(O)COC[C@H]1O[C@@H](OCCCCCCCCCCCC)[C@H](O)[C@@H](O)[C@@H]1O.[Cl-]. The molecule has 0 radical (unpaired) electrons. The van der Waals surface area contributed by atoms with Gasteiger partial charge in [0.2, 0.25) is 0 Å². The number of aliphatic hydroxyl groups is 4. The van der Waals surface area contributed by atoms with E-state index in [1.165, 1.54) is 148 Å². The minimum absolute atomic E-state index is 0. The fraction of sp³-hybridized carbons (Fsp3) is 1.00. The Balaban J connectivity index is 0.0000240. The van der Waals surface area contributed by atoms with Crippen molar-refractivity contribution in [2.45, 2.75) is 218 Å². The molecule has 1 heterocycles. The summed E-state index contributed by atoms with van der Waals surface area (Å²) in [7, 11) is 4.30. The van der Waals surface area contributed by atoms with E-state index in [9.17, 15) is 20.4 Å². The molecular formula is C41H84ClNO7. The molecule has 1 fully saturated rings. The van der Waals surface area contributed by atoms with Gasteiger partial charge in [-0.25, -0.2) is 0 Å². The van der Waals surface area contributed by atoms with E-state index in [0.717, 1.165) is 30.3 Å².